The summed E-state index contributed by atoms with van der Waals surface area (Å²) in [5, 5.41) is 3.37. The largest absolute Gasteiger partial charge is 0.383 e. The molecule has 94 valence electrons. The molecule has 1 N–H and O–H groups in total. The van der Waals surface area contributed by atoms with Crippen molar-refractivity contribution < 1.29 is 4.74 Å². The fraction of sp³-hybridized carbons (Fsp3) is 0.571. The van der Waals surface area contributed by atoms with Crippen molar-refractivity contribution in [3.8, 4) is 0 Å². The summed E-state index contributed by atoms with van der Waals surface area (Å²) in [6.07, 6.45) is 2.87. The third-order valence-electron chi connectivity index (χ3n) is 2.89. The molecule has 1 aromatic rings. The van der Waals surface area contributed by atoms with Crippen LogP contribution in [0.15, 0.2) is 29.2 Å². The molecular weight excluding hydrogens is 230 g/mol. The summed E-state index contributed by atoms with van der Waals surface area (Å²) in [6, 6.07) is 8.85. The second-order valence-electron chi connectivity index (χ2n) is 4.57. The molecule has 0 heterocycles. The number of hydrogen-bond donors (Lipinski definition) is 1. The fourth-order valence-electron chi connectivity index (χ4n) is 1.65. The van der Waals surface area contributed by atoms with E-state index in [2.05, 4.69) is 29.6 Å². The molecule has 1 aliphatic carbocycles. The Morgan fingerprint density at radius 1 is 1.41 bits per heavy atom. The third kappa shape index (κ3) is 5.11. The Balaban J connectivity index is 1.74. The molecule has 0 radical (unpaired) electrons. The average molecular weight is 251 g/mol. The van der Waals surface area contributed by atoms with Gasteiger partial charge in [-0.2, -0.15) is 0 Å². The summed E-state index contributed by atoms with van der Waals surface area (Å²) >= 11 is 2.00. The van der Waals surface area contributed by atoms with Gasteiger partial charge in [0.1, 0.15) is 0 Å². The minimum atomic E-state index is 0.774. The minimum Gasteiger partial charge on any atom is -0.383 e. The summed E-state index contributed by atoms with van der Waals surface area (Å²) in [5.41, 5.74) is 1.36. The van der Waals surface area contributed by atoms with E-state index in [0.717, 1.165) is 25.6 Å². The number of nitrogens with one attached hydrogen (secondary N) is 1. The summed E-state index contributed by atoms with van der Waals surface area (Å²) < 4.78 is 5.01. The Bertz CT molecular complexity index is 339. The molecule has 0 aromatic heterocycles. The lowest BCUT2D eigenvalue weighted by Gasteiger charge is -2.06. The topological polar surface area (TPSA) is 21.3 Å². The summed E-state index contributed by atoms with van der Waals surface area (Å²) in [6.45, 7) is 2.62. The van der Waals surface area contributed by atoms with Crippen molar-refractivity contribution in [1.29, 1.82) is 0 Å². The van der Waals surface area contributed by atoms with Gasteiger partial charge in [-0.1, -0.05) is 12.1 Å². The van der Waals surface area contributed by atoms with Crippen LogP contribution in [0.3, 0.4) is 0 Å². The highest BCUT2D eigenvalue weighted by Gasteiger charge is 2.20. The Morgan fingerprint density at radius 2 is 2.29 bits per heavy atom. The standard InChI is InChI=1S/C14H21NOS/c1-16-8-7-15-10-13-3-2-4-14(9-13)17-11-12-5-6-12/h2-4,9,12,15H,5-8,10-11H2,1H3. The van der Waals surface area contributed by atoms with E-state index < -0.39 is 0 Å². The van der Waals surface area contributed by atoms with Gasteiger partial charge < -0.3 is 10.1 Å². The lowest BCUT2D eigenvalue weighted by molar-refractivity contribution is 0.199. The first-order valence-electron chi connectivity index (χ1n) is 6.30. The minimum absolute atomic E-state index is 0.774. The molecule has 2 nitrogen and oxygen atoms in total. The lowest BCUT2D eigenvalue weighted by Crippen LogP contribution is -2.18. The smallest absolute Gasteiger partial charge is 0.0587 e. The molecule has 1 saturated carbocycles. The van der Waals surface area contributed by atoms with Gasteiger partial charge in [0.2, 0.25) is 0 Å². The van der Waals surface area contributed by atoms with Gasteiger partial charge in [0.15, 0.2) is 0 Å². The molecule has 1 aliphatic rings. The first kappa shape index (κ1) is 12.9. The second-order valence-corrected chi connectivity index (χ2v) is 5.66. The predicted molar refractivity (Wildman–Crippen MR) is 73.5 cm³/mol. The molecule has 0 spiro atoms. The van der Waals surface area contributed by atoms with E-state index in [-0.39, 0.29) is 0 Å². The average Bonchev–Trinajstić information content (AvgIpc) is 3.17. The molecule has 0 unspecified atom stereocenters. The Labute approximate surface area is 108 Å². The predicted octanol–water partition coefficient (Wildman–Crippen LogP) is 2.92. The maximum Gasteiger partial charge on any atom is 0.0587 e. The summed E-state index contributed by atoms with van der Waals surface area (Å²) in [5.74, 6) is 2.28. The van der Waals surface area contributed by atoms with Gasteiger partial charge in [-0.25, -0.2) is 0 Å². The van der Waals surface area contributed by atoms with Crippen LogP contribution in [0.5, 0.6) is 0 Å². The highest BCUT2D eigenvalue weighted by Crippen LogP contribution is 2.35. The number of thioether (sulfide) groups is 1. The Hall–Kier alpha value is -0.510. The van der Waals surface area contributed by atoms with Gasteiger partial charge in [-0.3, -0.25) is 0 Å². The van der Waals surface area contributed by atoms with Crippen molar-refractivity contribution in [3.05, 3.63) is 29.8 Å². The van der Waals surface area contributed by atoms with Crippen molar-refractivity contribution in [2.75, 3.05) is 26.0 Å². The Morgan fingerprint density at radius 3 is 3.06 bits per heavy atom. The summed E-state index contributed by atoms with van der Waals surface area (Å²) in [4.78, 5) is 1.41. The second kappa shape index (κ2) is 7.04. The normalized spacial score (nSPS) is 15.1. The molecule has 0 bridgehead atoms. The molecule has 2 rings (SSSR count). The van der Waals surface area contributed by atoms with Crippen LogP contribution in [-0.2, 0) is 11.3 Å². The molecule has 0 amide bonds. The zero-order valence-electron chi connectivity index (χ0n) is 10.4. The van der Waals surface area contributed by atoms with E-state index in [0.29, 0.717) is 0 Å². The molecule has 0 atom stereocenters. The van der Waals surface area contributed by atoms with Gasteiger partial charge in [0.25, 0.3) is 0 Å². The number of benzene rings is 1. The molecule has 3 heteroatoms. The highest BCUT2D eigenvalue weighted by atomic mass is 32.2. The van der Waals surface area contributed by atoms with Gasteiger partial charge in [-0.05, 0) is 36.5 Å². The Kier molecular flexibility index (Phi) is 5.36. The van der Waals surface area contributed by atoms with Crippen molar-refractivity contribution in [2.45, 2.75) is 24.3 Å². The molecule has 0 saturated heterocycles. The SMILES string of the molecule is COCCNCc1cccc(SCC2CC2)c1. The van der Waals surface area contributed by atoms with Crippen LogP contribution in [-0.4, -0.2) is 26.0 Å². The first-order valence-corrected chi connectivity index (χ1v) is 7.28. The van der Waals surface area contributed by atoms with Gasteiger partial charge in [0.05, 0.1) is 6.61 Å². The molecular formula is C14H21NOS. The number of methoxy groups -OCH3 is 1. The fourth-order valence-corrected chi connectivity index (χ4v) is 2.82. The van der Waals surface area contributed by atoms with Crippen molar-refractivity contribution in [3.63, 3.8) is 0 Å². The van der Waals surface area contributed by atoms with Crippen LogP contribution in [0.25, 0.3) is 0 Å². The van der Waals surface area contributed by atoms with E-state index in [4.69, 9.17) is 4.74 Å². The van der Waals surface area contributed by atoms with Crippen molar-refractivity contribution >= 4 is 11.8 Å². The summed E-state index contributed by atoms with van der Waals surface area (Å²) in [7, 11) is 1.73. The zero-order chi connectivity index (χ0) is 11.9. The maximum absolute atomic E-state index is 5.01. The van der Waals surface area contributed by atoms with E-state index in [1.54, 1.807) is 7.11 Å². The first-order chi connectivity index (χ1) is 8.38. The monoisotopic (exact) mass is 251 g/mol. The van der Waals surface area contributed by atoms with E-state index >= 15 is 0 Å². The van der Waals surface area contributed by atoms with Gasteiger partial charge in [-0.15, -0.1) is 11.8 Å². The van der Waals surface area contributed by atoms with E-state index in [1.165, 1.54) is 29.1 Å². The molecule has 1 aromatic carbocycles. The van der Waals surface area contributed by atoms with Crippen LogP contribution < -0.4 is 5.32 Å². The van der Waals surface area contributed by atoms with Crippen molar-refractivity contribution in [2.24, 2.45) is 5.92 Å². The highest BCUT2D eigenvalue weighted by molar-refractivity contribution is 7.99. The van der Waals surface area contributed by atoms with E-state index in [9.17, 15) is 0 Å². The van der Waals surface area contributed by atoms with E-state index in [1.807, 2.05) is 11.8 Å². The van der Waals surface area contributed by atoms with Crippen LogP contribution in [0.2, 0.25) is 0 Å². The zero-order valence-corrected chi connectivity index (χ0v) is 11.3. The van der Waals surface area contributed by atoms with Crippen LogP contribution in [0, 0.1) is 5.92 Å². The van der Waals surface area contributed by atoms with Crippen LogP contribution in [0.1, 0.15) is 18.4 Å². The maximum atomic E-state index is 5.01. The van der Waals surface area contributed by atoms with Gasteiger partial charge in [0, 0.05) is 30.8 Å². The number of hydrogen-bond acceptors (Lipinski definition) is 3. The van der Waals surface area contributed by atoms with Crippen LogP contribution >= 0.6 is 11.8 Å². The molecule has 1 fully saturated rings. The van der Waals surface area contributed by atoms with Crippen LogP contribution in [0.4, 0.5) is 0 Å². The number of ether oxygens (including phenoxy) is 1. The van der Waals surface area contributed by atoms with Gasteiger partial charge >= 0.3 is 0 Å². The van der Waals surface area contributed by atoms with Crippen molar-refractivity contribution in [1.82, 2.24) is 5.32 Å². The molecule has 17 heavy (non-hydrogen) atoms. The number of rotatable bonds is 8. The third-order valence-corrected chi connectivity index (χ3v) is 4.12. The molecule has 0 aliphatic heterocycles. The lowest BCUT2D eigenvalue weighted by atomic mass is 10.2. The quantitative estimate of drug-likeness (QED) is 0.567.